The van der Waals surface area contributed by atoms with Crippen LogP contribution in [0.2, 0.25) is 0 Å². The minimum Gasteiger partial charge on any atom is -0.465 e. The van der Waals surface area contributed by atoms with Crippen LogP contribution in [0.4, 0.5) is 10.6 Å². The highest BCUT2D eigenvalue weighted by Crippen LogP contribution is 2.35. The third kappa shape index (κ3) is 4.09. The van der Waals surface area contributed by atoms with Crippen LogP contribution >= 0.6 is 0 Å². The molecule has 2 aromatic carbocycles. The number of likely N-dealkylation sites (tertiary alicyclic amines) is 2. The number of hydrogen-bond acceptors (Lipinski definition) is 7. The summed E-state index contributed by atoms with van der Waals surface area (Å²) in [7, 11) is 0. The van der Waals surface area contributed by atoms with Crippen LogP contribution in [-0.4, -0.2) is 73.0 Å². The zero-order valence-corrected chi connectivity index (χ0v) is 19.7. The van der Waals surface area contributed by atoms with Crippen molar-refractivity contribution in [3.05, 3.63) is 60.9 Å². The van der Waals surface area contributed by atoms with Gasteiger partial charge in [0.15, 0.2) is 5.65 Å². The third-order valence-electron chi connectivity index (χ3n) is 7.05. The summed E-state index contributed by atoms with van der Waals surface area (Å²) in [5.74, 6) is 1.91. The molecule has 2 aromatic heterocycles. The second-order valence-corrected chi connectivity index (χ2v) is 9.32. The number of carbonyl (C=O) groups is 1. The number of rotatable bonds is 5. The summed E-state index contributed by atoms with van der Waals surface area (Å²) < 4.78 is 7.92. The maximum Gasteiger partial charge on any atom is 0.407 e. The Bertz CT molecular complexity index is 1380. The highest BCUT2D eigenvalue weighted by Gasteiger charge is 2.37. The molecule has 36 heavy (non-hydrogen) atoms. The lowest BCUT2D eigenvalue weighted by atomic mass is 10.00. The SMILES string of the molecule is Nc1ncnc2c1c(-c1ccc(Oc3ccccc3)cc1)nn2[C@@H]1CCCN(C2CN(C(=O)O)C2)C1. The topological polar surface area (TPSA) is 123 Å². The molecule has 2 saturated heterocycles. The molecule has 10 nitrogen and oxygen atoms in total. The van der Waals surface area contributed by atoms with Crippen LogP contribution in [0.1, 0.15) is 18.9 Å². The van der Waals surface area contributed by atoms with Gasteiger partial charge in [-0.2, -0.15) is 5.10 Å². The molecule has 0 radical (unpaired) electrons. The number of benzene rings is 2. The van der Waals surface area contributed by atoms with Crippen molar-refractivity contribution in [2.45, 2.75) is 24.9 Å². The number of nitrogen functional groups attached to an aromatic ring is 1. The van der Waals surface area contributed by atoms with Crippen molar-refractivity contribution in [3.63, 3.8) is 0 Å². The fourth-order valence-corrected chi connectivity index (χ4v) is 5.11. The molecule has 1 atom stereocenters. The lowest BCUT2D eigenvalue weighted by Crippen LogP contribution is -2.62. The van der Waals surface area contributed by atoms with E-state index in [1.807, 2.05) is 59.3 Å². The molecule has 2 aliphatic heterocycles. The lowest BCUT2D eigenvalue weighted by Gasteiger charge is -2.46. The molecular formula is C26H27N7O3. The average molecular weight is 486 g/mol. The molecule has 4 aromatic rings. The lowest BCUT2D eigenvalue weighted by molar-refractivity contribution is 0.0165. The van der Waals surface area contributed by atoms with Gasteiger partial charge in [-0.15, -0.1) is 0 Å². The molecule has 0 spiro atoms. The van der Waals surface area contributed by atoms with Gasteiger partial charge in [0.2, 0.25) is 0 Å². The van der Waals surface area contributed by atoms with E-state index in [-0.39, 0.29) is 12.1 Å². The first kappa shape index (κ1) is 22.3. The first-order valence-electron chi connectivity index (χ1n) is 12.1. The molecule has 184 valence electrons. The van der Waals surface area contributed by atoms with Crippen LogP contribution in [0.15, 0.2) is 60.9 Å². The van der Waals surface area contributed by atoms with Crippen molar-refractivity contribution in [2.24, 2.45) is 0 Å². The molecule has 0 unspecified atom stereocenters. The second kappa shape index (κ2) is 9.12. The summed E-state index contributed by atoms with van der Waals surface area (Å²) in [5, 5.41) is 14.9. The molecule has 2 fully saturated rings. The van der Waals surface area contributed by atoms with Gasteiger partial charge in [-0.1, -0.05) is 18.2 Å². The van der Waals surface area contributed by atoms with Gasteiger partial charge in [-0.05, 0) is 55.8 Å². The standard InChI is InChI=1S/C26H27N7O3/c27-24-22-23(17-8-10-21(11-9-17)36-20-6-2-1-3-7-20)30-33(25(22)29-16-28-24)18-5-4-12-31(13-18)19-14-32(15-19)26(34)35/h1-3,6-11,16,18-19H,4-5,12-15H2,(H,34,35)(H2,27,28,29)/t18-/m1/s1. The Morgan fingerprint density at radius 1 is 0.972 bits per heavy atom. The van der Waals surface area contributed by atoms with Crippen LogP contribution in [0.3, 0.4) is 0 Å². The minimum atomic E-state index is -0.852. The van der Waals surface area contributed by atoms with Gasteiger partial charge < -0.3 is 20.5 Å². The van der Waals surface area contributed by atoms with Crippen LogP contribution in [0.25, 0.3) is 22.3 Å². The van der Waals surface area contributed by atoms with Gasteiger partial charge in [0.25, 0.3) is 0 Å². The molecule has 10 heteroatoms. The van der Waals surface area contributed by atoms with Crippen molar-refractivity contribution < 1.29 is 14.6 Å². The van der Waals surface area contributed by atoms with Crippen LogP contribution in [0, 0.1) is 0 Å². The van der Waals surface area contributed by atoms with E-state index in [9.17, 15) is 9.90 Å². The van der Waals surface area contributed by atoms with Gasteiger partial charge in [0.1, 0.15) is 29.3 Å². The summed E-state index contributed by atoms with van der Waals surface area (Å²) in [6.07, 6.45) is 2.61. The molecule has 4 heterocycles. The van der Waals surface area contributed by atoms with Gasteiger partial charge in [-0.3, -0.25) is 4.90 Å². The van der Waals surface area contributed by atoms with E-state index in [1.165, 1.54) is 11.2 Å². The normalized spacial score (nSPS) is 18.8. The van der Waals surface area contributed by atoms with Gasteiger partial charge in [-0.25, -0.2) is 19.4 Å². The van der Waals surface area contributed by atoms with Crippen LogP contribution in [0.5, 0.6) is 11.5 Å². The monoisotopic (exact) mass is 485 g/mol. The maximum absolute atomic E-state index is 11.2. The number of fused-ring (bicyclic) bond motifs is 1. The average Bonchev–Trinajstić information content (AvgIpc) is 3.25. The van der Waals surface area contributed by atoms with Gasteiger partial charge in [0.05, 0.1) is 11.4 Å². The summed E-state index contributed by atoms with van der Waals surface area (Å²) in [4.78, 5) is 23.8. The van der Waals surface area contributed by atoms with E-state index in [0.29, 0.717) is 18.9 Å². The Morgan fingerprint density at radius 3 is 2.47 bits per heavy atom. The Labute approximate surface area is 207 Å². The summed E-state index contributed by atoms with van der Waals surface area (Å²) >= 11 is 0. The number of nitrogens with two attached hydrogens (primary N) is 1. The highest BCUT2D eigenvalue weighted by molar-refractivity contribution is 5.98. The number of nitrogens with zero attached hydrogens (tertiary/aromatic N) is 6. The quantitative estimate of drug-likeness (QED) is 0.437. The molecule has 0 bridgehead atoms. The number of piperidine rings is 1. The number of anilines is 1. The number of aromatic nitrogens is 4. The Kier molecular flexibility index (Phi) is 5.65. The van der Waals surface area contributed by atoms with Crippen LogP contribution in [-0.2, 0) is 0 Å². The number of hydrogen-bond donors (Lipinski definition) is 2. The Balaban J connectivity index is 1.28. The van der Waals surface area contributed by atoms with Crippen molar-refractivity contribution in [3.8, 4) is 22.8 Å². The highest BCUT2D eigenvalue weighted by atomic mass is 16.5. The van der Waals surface area contributed by atoms with E-state index in [4.69, 9.17) is 15.6 Å². The van der Waals surface area contributed by atoms with E-state index < -0.39 is 6.09 Å². The third-order valence-corrected chi connectivity index (χ3v) is 7.05. The van der Waals surface area contributed by atoms with E-state index >= 15 is 0 Å². The number of para-hydroxylation sites is 1. The Hall–Kier alpha value is -4.18. The molecular weight excluding hydrogens is 458 g/mol. The predicted molar refractivity (Wildman–Crippen MR) is 135 cm³/mol. The van der Waals surface area contributed by atoms with Crippen LogP contribution < -0.4 is 10.5 Å². The summed E-state index contributed by atoms with van der Waals surface area (Å²) in [6.45, 7) is 2.86. The molecule has 2 aliphatic rings. The van der Waals surface area contributed by atoms with E-state index in [0.717, 1.165) is 59.7 Å². The van der Waals surface area contributed by atoms with E-state index in [2.05, 4.69) is 14.9 Å². The molecule has 0 aliphatic carbocycles. The summed E-state index contributed by atoms with van der Waals surface area (Å²) in [5.41, 5.74) is 8.69. The van der Waals surface area contributed by atoms with Crippen molar-refractivity contribution in [2.75, 3.05) is 31.9 Å². The molecule has 3 N–H and O–H groups in total. The Morgan fingerprint density at radius 2 is 1.72 bits per heavy atom. The number of carboxylic acid groups (broad SMARTS) is 1. The molecule has 0 saturated carbocycles. The molecule has 1 amide bonds. The first-order chi connectivity index (χ1) is 17.6. The van der Waals surface area contributed by atoms with Crippen molar-refractivity contribution >= 4 is 22.9 Å². The fraction of sp³-hybridized carbons (Fsp3) is 0.308. The molecule has 6 rings (SSSR count). The predicted octanol–water partition coefficient (Wildman–Crippen LogP) is 3.87. The maximum atomic E-state index is 11.2. The number of ether oxygens (including phenoxy) is 1. The van der Waals surface area contributed by atoms with Crippen molar-refractivity contribution in [1.29, 1.82) is 0 Å². The van der Waals surface area contributed by atoms with E-state index in [1.54, 1.807) is 0 Å². The zero-order valence-electron chi connectivity index (χ0n) is 19.7. The number of amides is 1. The smallest absolute Gasteiger partial charge is 0.407 e. The summed E-state index contributed by atoms with van der Waals surface area (Å²) in [6, 6.07) is 17.8. The van der Waals surface area contributed by atoms with Gasteiger partial charge >= 0.3 is 6.09 Å². The minimum absolute atomic E-state index is 0.115. The fourth-order valence-electron chi connectivity index (χ4n) is 5.11. The van der Waals surface area contributed by atoms with Gasteiger partial charge in [0, 0.05) is 31.2 Å². The first-order valence-corrected chi connectivity index (χ1v) is 12.1. The largest absolute Gasteiger partial charge is 0.465 e. The van der Waals surface area contributed by atoms with Crippen molar-refractivity contribution in [1.82, 2.24) is 29.5 Å². The zero-order chi connectivity index (χ0) is 24.6. The second-order valence-electron chi connectivity index (χ2n) is 9.32.